The van der Waals surface area contributed by atoms with Gasteiger partial charge in [0.05, 0.1) is 0 Å². The van der Waals surface area contributed by atoms with Crippen LogP contribution in [0, 0.1) is 0 Å². The third-order valence-corrected chi connectivity index (χ3v) is 4.03. The molecule has 0 radical (unpaired) electrons. The molecule has 2 aromatic rings. The van der Waals surface area contributed by atoms with Crippen LogP contribution in [0.1, 0.15) is 10.6 Å². The highest BCUT2D eigenvalue weighted by Gasteiger charge is 2.24. The fourth-order valence-electron chi connectivity index (χ4n) is 2.70. The van der Waals surface area contributed by atoms with Gasteiger partial charge >= 0.3 is 0 Å². The molecule has 0 saturated carbocycles. The standard InChI is InChI=1S/C16H16N2O4.ClH/c1-17-2-4-18(5-3-17)16(19)15-9-11-8-13-14(10-12(11)22-15)21-7-6-20-13;/h6-10H,2-5H2,1H3;1H. The number of furan rings is 1. The summed E-state index contributed by atoms with van der Waals surface area (Å²) < 4.78 is 16.5. The van der Waals surface area contributed by atoms with Crippen LogP contribution in [0.15, 0.2) is 35.1 Å². The number of ether oxygens (including phenoxy) is 2. The van der Waals surface area contributed by atoms with Crippen LogP contribution in [-0.4, -0.2) is 48.9 Å². The molecular formula is C16H17ClN2O4. The molecule has 2 aliphatic rings. The first kappa shape index (κ1) is 15.7. The van der Waals surface area contributed by atoms with E-state index in [1.54, 1.807) is 12.1 Å². The lowest BCUT2D eigenvalue weighted by Crippen LogP contribution is -2.47. The van der Waals surface area contributed by atoms with E-state index in [9.17, 15) is 4.79 Å². The first-order chi connectivity index (χ1) is 10.7. The lowest BCUT2D eigenvalue weighted by molar-refractivity contribution is 0.0635. The molecule has 0 aliphatic carbocycles. The summed E-state index contributed by atoms with van der Waals surface area (Å²) in [5.74, 6) is 1.49. The number of piperazine rings is 1. The van der Waals surface area contributed by atoms with Gasteiger partial charge in [0.15, 0.2) is 17.3 Å². The van der Waals surface area contributed by atoms with Gasteiger partial charge in [-0.15, -0.1) is 12.4 Å². The van der Waals surface area contributed by atoms with Gasteiger partial charge in [-0.25, -0.2) is 0 Å². The number of fused-ring (bicyclic) bond motifs is 2. The molecule has 0 atom stereocenters. The minimum absolute atomic E-state index is 0. The van der Waals surface area contributed by atoms with Gasteiger partial charge in [0.25, 0.3) is 5.91 Å². The Morgan fingerprint density at radius 1 is 1.00 bits per heavy atom. The van der Waals surface area contributed by atoms with Crippen molar-refractivity contribution < 1.29 is 18.7 Å². The summed E-state index contributed by atoms with van der Waals surface area (Å²) in [4.78, 5) is 16.6. The van der Waals surface area contributed by atoms with Crippen molar-refractivity contribution in [1.29, 1.82) is 0 Å². The number of rotatable bonds is 1. The molecule has 1 aromatic carbocycles. The van der Waals surface area contributed by atoms with Gasteiger partial charge in [-0.05, 0) is 19.2 Å². The van der Waals surface area contributed by atoms with E-state index in [4.69, 9.17) is 13.9 Å². The predicted molar refractivity (Wildman–Crippen MR) is 87.3 cm³/mol. The molecule has 0 N–H and O–H groups in total. The number of carbonyl (C=O) groups excluding carboxylic acids is 1. The van der Waals surface area contributed by atoms with Gasteiger partial charge in [-0.1, -0.05) is 0 Å². The molecule has 3 heterocycles. The molecule has 1 amide bonds. The minimum Gasteiger partial charge on any atom is -0.458 e. The molecule has 1 fully saturated rings. The SMILES string of the molecule is CN1CCN(C(=O)c2cc3cc4c(cc3o2)OC=CO4)CC1.Cl. The third kappa shape index (κ3) is 2.87. The summed E-state index contributed by atoms with van der Waals surface area (Å²) in [6.07, 6.45) is 2.94. The summed E-state index contributed by atoms with van der Waals surface area (Å²) in [6, 6.07) is 5.32. The highest BCUT2D eigenvalue weighted by Crippen LogP contribution is 2.36. The van der Waals surface area contributed by atoms with Crippen molar-refractivity contribution in [2.45, 2.75) is 0 Å². The number of halogens is 1. The highest BCUT2D eigenvalue weighted by atomic mass is 35.5. The van der Waals surface area contributed by atoms with E-state index in [2.05, 4.69) is 11.9 Å². The second-order valence-electron chi connectivity index (χ2n) is 5.55. The molecule has 1 saturated heterocycles. The van der Waals surface area contributed by atoms with Crippen LogP contribution in [0.3, 0.4) is 0 Å². The zero-order valence-electron chi connectivity index (χ0n) is 12.7. The van der Waals surface area contributed by atoms with Crippen LogP contribution in [0.5, 0.6) is 11.5 Å². The average molecular weight is 337 g/mol. The molecule has 6 nitrogen and oxygen atoms in total. The Hall–Kier alpha value is -2.18. The number of likely N-dealkylation sites (N-methyl/N-ethyl adjacent to an activating group) is 1. The van der Waals surface area contributed by atoms with Crippen LogP contribution in [0.4, 0.5) is 0 Å². The first-order valence-electron chi connectivity index (χ1n) is 7.24. The molecule has 23 heavy (non-hydrogen) atoms. The molecule has 122 valence electrons. The number of amides is 1. The largest absolute Gasteiger partial charge is 0.458 e. The van der Waals surface area contributed by atoms with Crippen molar-refractivity contribution in [1.82, 2.24) is 9.80 Å². The van der Waals surface area contributed by atoms with Crippen molar-refractivity contribution >= 4 is 29.3 Å². The quantitative estimate of drug-likeness (QED) is 0.801. The van der Waals surface area contributed by atoms with Crippen molar-refractivity contribution in [3.8, 4) is 11.5 Å². The van der Waals surface area contributed by atoms with E-state index in [0.717, 1.165) is 31.6 Å². The van der Waals surface area contributed by atoms with Crippen LogP contribution < -0.4 is 9.47 Å². The maximum atomic E-state index is 12.5. The second kappa shape index (κ2) is 6.14. The van der Waals surface area contributed by atoms with E-state index < -0.39 is 0 Å². The zero-order chi connectivity index (χ0) is 15.1. The summed E-state index contributed by atoms with van der Waals surface area (Å²) in [5, 5.41) is 0.829. The highest BCUT2D eigenvalue weighted by molar-refractivity contribution is 5.96. The Bertz CT molecular complexity index is 718. The predicted octanol–water partition coefficient (Wildman–Crippen LogP) is 2.48. The van der Waals surface area contributed by atoms with E-state index in [1.807, 2.05) is 11.0 Å². The summed E-state index contributed by atoms with van der Waals surface area (Å²) >= 11 is 0. The summed E-state index contributed by atoms with van der Waals surface area (Å²) in [5.41, 5.74) is 0.620. The Labute approximate surface area is 139 Å². The van der Waals surface area contributed by atoms with Gasteiger partial charge in [-0.2, -0.15) is 0 Å². The zero-order valence-corrected chi connectivity index (χ0v) is 13.5. The minimum atomic E-state index is -0.0674. The monoisotopic (exact) mass is 336 g/mol. The van der Waals surface area contributed by atoms with Gasteiger partial charge in [0.1, 0.15) is 18.1 Å². The van der Waals surface area contributed by atoms with E-state index in [0.29, 0.717) is 22.8 Å². The normalized spacial score (nSPS) is 17.2. The lowest BCUT2D eigenvalue weighted by atomic mass is 10.2. The number of carbonyl (C=O) groups is 1. The Balaban J connectivity index is 0.00000156. The molecule has 2 aliphatic heterocycles. The molecule has 0 bridgehead atoms. The Kier molecular flexibility index (Phi) is 4.19. The first-order valence-corrected chi connectivity index (χ1v) is 7.24. The molecule has 1 aromatic heterocycles. The number of nitrogens with zero attached hydrogens (tertiary/aromatic N) is 2. The van der Waals surface area contributed by atoms with Gasteiger partial charge < -0.3 is 23.7 Å². The smallest absolute Gasteiger partial charge is 0.289 e. The fraction of sp³-hybridized carbons (Fsp3) is 0.312. The number of hydrogen-bond acceptors (Lipinski definition) is 5. The van der Waals surface area contributed by atoms with Crippen molar-refractivity contribution in [2.24, 2.45) is 0 Å². The summed E-state index contributed by atoms with van der Waals surface area (Å²) in [6.45, 7) is 3.21. The van der Waals surface area contributed by atoms with E-state index >= 15 is 0 Å². The summed E-state index contributed by atoms with van der Waals surface area (Å²) in [7, 11) is 2.06. The second-order valence-corrected chi connectivity index (χ2v) is 5.55. The van der Waals surface area contributed by atoms with Crippen LogP contribution >= 0.6 is 12.4 Å². The fourth-order valence-corrected chi connectivity index (χ4v) is 2.70. The van der Waals surface area contributed by atoms with Crippen molar-refractivity contribution in [3.05, 3.63) is 36.5 Å². The van der Waals surface area contributed by atoms with E-state index in [1.165, 1.54) is 12.5 Å². The van der Waals surface area contributed by atoms with Crippen molar-refractivity contribution in [2.75, 3.05) is 33.2 Å². The maximum Gasteiger partial charge on any atom is 0.289 e. The number of benzene rings is 1. The number of hydrogen-bond donors (Lipinski definition) is 0. The van der Waals surface area contributed by atoms with Crippen LogP contribution in [-0.2, 0) is 0 Å². The average Bonchev–Trinajstić information content (AvgIpc) is 2.95. The Morgan fingerprint density at radius 3 is 2.35 bits per heavy atom. The molecule has 0 spiro atoms. The molecular weight excluding hydrogens is 320 g/mol. The maximum absolute atomic E-state index is 12.5. The third-order valence-electron chi connectivity index (χ3n) is 4.03. The van der Waals surface area contributed by atoms with Gasteiger partial charge in [0, 0.05) is 37.6 Å². The van der Waals surface area contributed by atoms with Gasteiger partial charge in [0.2, 0.25) is 0 Å². The van der Waals surface area contributed by atoms with Gasteiger partial charge in [-0.3, -0.25) is 4.79 Å². The lowest BCUT2D eigenvalue weighted by Gasteiger charge is -2.31. The molecule has 4 rings (SSSR count). The van der Waals surface area contributed by atoms with Crippen LogP contribution in [0.2, 0.25) is 0 Å². The topological polar surface area (TPSA) is 55.2 Å². The Morgan fingerprint density at radius 2 is 1.65 bits per heavy atom. The molecule has 0 unspecified atom stereocenters. The van der Waals surface area contributed by atoms with E-state index in [-0.39, 0.29) is 18.3 Å². The van der Waals surface area contributed by atoms with Crippen molar-refractivity contribution in [3.63, 3.8) is 0 Å². The van der Waals surface area contributed by atoms with Crippen LogP contribution in [0.25, 0.3) is 11.0 Å². The molecule has 7 heteroatoms.